The summed E-state index contributed by atoms with van der Waals surface area (Å²) in [6.45, 7) is 0.175. The van der Waals surface area contributed by atoms with Crippen LogP contribution in [0.3, 0.4) is 0 Å². The molecule has 8 nitrogen and oxygen atoms in total. The lowest BCUT2D eigenvalue weighted by Gasteiger charge is -2.03. The first-order valence-electron chi connectivity index (χ1n) is 4.08. The monoisotopic (exact) mass is 238 g/mol. The van der Waals surface area contributed by atoms with E-state index in [1.165, 1.54) is 0 Å². The minimum Gasteiger partial charge on any atom is -0.409 e. The van der Waals surface area contributed by atoms with Crippen LogP contribution in [0.2, 0.25) is 0 Å². The number of sulfonamides is 1. The zero-order valence-electron chi connectivity index (χ0n) is 8.01. The fourth-order valence-electron chi connectivity index (χ4n) is 0.764. The van der Waals surface area contributed by atoms with Crippen molar-refractivity contribution in [1.29, 1.82) is 0 Å². The number of amidine groups is 1. The summed E-state index contributed by atoms with van der Waals surface area (Å²) in [5, 5.41) is 17.9. The topological polar surface area (TPSA) is 148 Å². The van der Waals surface area contributed by atoms with E-state index in [0.717, 1.165) is 0 Å². The second kappa shape index (κ2) is 6.19. The summed E-state index contributed by atoms with van der Waals surface area (Å²) in [6.07, 6.45) is -0.00732. The van der Waals surface area contributed by atoms with Gasteiger partial charge in [-0.3, -0.25) is 4.79 Å². The molecule has 9 heteroatoms. The van der Waals surface area contributed by atoms with Gasteiger partial charge in [0.05, 0.1) is 12.2 Å². The molecule has 0 radical (unpaired) electrons. The molecule has 0 heterocycles. The number of nitrogens with zero attached hydrogens (tertiary/aromatic N) is 1. The fourth-order valence-corrected chi connectivity index (χ4v) is 1.31. The SMILES string of the molecule is NC(CC(=O)NCCCS(N)(=O)=O)=NO. The van der Waals surface area contributed by atoms with Gasteiger partial charge in [0.15, 0.2) is 0 Å². The molecule has 0 aliphatic heterocycles. The molecule has 6 N–H and O–H groups in total. The summed E-state index contributed by atoms with van der Waals surface area (Å²) in [4.78, 5) is 11.0. The molecule has 0 aliphatic rings. The van der Waals surface area contributed by atoms with E-state index in [4.69, 9.17) is 16.1 Å². The standard InChI is InChI=1S/C6H14N4O4S/c7-5(10-12)4-6(11)9-2-1-3-15(8,13)14/h12H,1-4H2,(H2,7,10)(H,9,11)(H2,8,13,14). The predicted octanol–water partition coefficient (Wildman–Crippen LogP) is -2.08. The summed E-state index contributed by atoms with van der Waals surface area (Å²) in [5.41, 5.74) is 5.07. The average molecular weight is 238 g/mol. The number of hydrogen-bond acceptors (Lipinski definition) is 5. The van der Waals surface area contributed by atoms with Crippen LogP contribution in [0.4, 0.5) is 0 Å². The van der Waals surface area contributed by atoms with Gasteiger partial charge in [-0.1, -0.05) is 5.16 Å². The van der Waals surface area contributed by atoms with Crippen molar-refractivity contribution >= 4 is 21.8 Å². The number of oxime groups is 1. The maximum absolute atomic E-state index is 11.0. The van der Waals surface area contributed by atoms with Gasteiger partial charge in [0.1, 0.15) is 5.84 Å². The highest BCUT2D eigenvalue weighted by molar-refractivity contribution is 7.89. The van der Waals surface area contributed by atoms with E-state index >= 15 is 0 Å². The average Bonchev–Trinajstić information content (AvgIpc) is 2.11. The molecule has 0 spiro atoms. The molecule has 0 unspecified atom stereocenters. The van der Waals surface area contributed by atoms with Gasteiger partial charge in [-0.15, -0.1) is 0 Å². The second-order valence-electron chi connectivity index (χ2n) is 2.84. The Morgan fingerprint density at radius 1 is 1.47 bits per heavy atom. The molecule has 0 fully saturated rings. The van der Waals surface area contributed by atoms with Crippen molar-refractivity contribution in [3.05, 3.63) is 0 Å². The van der Waals surface area contributed by atoms with Crippen LogP contribution in [0.5, 0.6) is 0 Å². The number of carbonyl (C=O) groups is 1. The Morgan fingerprint density at radius 3 is 2.53 bits per heavy atom. The molecule has 0 aromatic carbocycles. The minimum atomic E-state index is -3.49. The molecule has 0 aliphatic carbocycles. The van der Waals surface area contributed by atoms with Gasteiger partial charge < -0.3 is 16.3 Å². The van der Waals surface area contributed by atoms with Crippen molar-refractivity contribution in [1.82, 2.24) is 5.32 Å². The lowest BCUT2D eigenvalue weighted by molar-refractivity contribution is -0.119. The summed E-state index contributed by atoms with van der Waals surface area (Å²) in [7, 11) is -3.49. The Hall–Kier alpha value is -1.35. The van der Waals surface area contributed by atoms with Crippen LogP contribution < -0.4 is 16.2 Å². The van der Waals surface area contributed by atoms with Crippen LogP contribution in [0, 0.1) is 0 Å². The largest absolute Gasteiger partial charge is 0.409 e. The second-order valence-corrected chi connectivity index (χ2v) is 4.57. The number of nitrogens with two attached hydrogens (primary N) is 2. The van der Waals surface area contributed by atoms with Crippen LogP contribution >= 0.6 is 0 Å². The maximum Gasteiger partial charge on any atom is 0.227 e. The molecule has 1 amide bonds. The number of amides is 1. The van der Waals surface area contributed by atoms with Crippen LogP contribution in [0.15, 0.2) is 5.16 Å². The first-order chi connectivity index (χ1) is 6.85. The van der Waals surface area contributed by atoms with Gasteiger partial charge in [0.2, 0.25) is 15.9 Å². The minimum absolute atomic E-state index is 0.175. The van der Waals surface area contributed by atoms with Gasteiger partial charge in [0, 0.05) is 6.54 Å². The van der Waals surface area contributed by atoms with Crippen LogP contribution in [-0.4, -0.2) is 37.7 Å². The number of nitrogens with one attached hydrogen (secondary N) is 1. The maximum atomic E-state index is 11.0. The summed E-state index contributed by atoms with van der Waals surface area (Å²) in [5.74, 6) is -0.852. The number of carbonyl (C=O) groups excluding carboxylic acids is 1. The highest BCUT2D eigenvalue weighted by atomic mass is 32.2. The van der Waals surface area contributed by atoms with Gasteiger partial charge in [0.25, 0.3) is 0 Å². The number of primary sulfonamides is 1. The molecule has 0 saturated carbocycles. The predicted molar refractivity (Wildman–Crippen MR) is 53.6 cm³/mol. The Kier molecular flexibility index (Phi) is 5.64. The number of hydrogen-bond donors (Lipinski definition) is 4. The van der Waals surface area contributed by atoms with Crippen LogP contribution in [0.25, 0.3) is 0 Å². The number of rotatable bonds is 6. The van der Waals surface area contributed by atoms with Gasteiger partial charge in [-0.25, -0.2) is 13.6 Å². The van der Waals surface area contributed by atoms with E-state index in [2.05, 4.69) is 10.5 Å². The molecule has 0 rings (SSSR count). The molecule has 0 atom stereocenters. The zero-order chi connectivity index (χ0) is 11.9. The normalized spacial score (nSPS) is 12.5. The van der Waals surface area contributed by atoms with E-state index in [1.807, 2.05) is 0 Å². The molecule has 15 heavy (non-hydrogen) atoms. The quantitative estimate of drug-likeness (QED) is 0.138. The van der Waals surface area contributed by atoms with Crippen molar-refractivity contribution in [2.45, 2.75) is 12.8 Å². The van der Waals surface area contributed by atoms with Crippen molar-refractivity contribution in [2.24, 2.45) is 16.0 Å². The summed E-state index contributed by atoms with van der Waals surface area (Å²) < 4.78 is 21.0. The van der Waals surface area contributed by atoms with E-state index in [-0.39, 0.29) is 31.0 Å². The van der Waals surface area contributed by atoms with Gasteiger partial charge in [-0.2, -0.15) is 0 Å². The Bertz CT molecular complexity index is 337. The highest BCUT2D eigenvalue weighted by Gasteiger charge is 2.05. The van der Waals surface area contributed by atoms with E-state index in [0.29, 0.717) is 0 Å². The lowest BCUT2D eigenvalue weighted by Crippen LogP contribution is -2.30. The highest BCUT2D eigenvalue weighted by Crippen LogP contribution is 1.85. The Morgan fingerprint density at radius 2 is 2.07 bits per heavy atom. The third-order valence-corrected chi connectivity index (χ3v) is 2.26. The first-order valence-corrected chi connectivity index (χ1v) is 5.80. The molecule has 0 aromatic rings. The molecule has 0 aromatic heterocycles. The molecular formula is C6H14N4O4S. The summed E-state index contributed by atoms with van der Waals surface area (Å²) in [6, 6.07) is 0. The molecule has 0 saturated heterocycles. The van der Waals surface area contributed by atoms with Crippen molar-refractivity contribution < 1.29 is 18.4 Å². The van der Waals surface area contributed by atoms with E-state index < -0.39 is 15.9 Å². The van der Waals surface area contributed by atoms with Crippen molar-refractivity contribution in [3.63, 3.8) is 0 Å². The van der Waals surface area contributed by atoms with E-state index in [9.17, 15) is 13.2 Å². The van der Waals surface area contributed by atoms with Crippen LogP contribution in [-0.2, 0) is 14.8 Å². The zero-order valence-corrected chi connectivity index (χ0v) is 8.83. The first kappa shape index (κ1) is 13.7. The lowest BCUT2D eigenvalue weighted by atomic mass is 10.3. The van der Waals surface area contributed by atoms with Crippen LogP contribution in [0.1, 0.15) is 12.8 Å². The molecular weight excluding hydrogens is 224 g/mol. The fraction of sp³-hybridized carbons (Fsp3) is 0.667. The van der Waals surface area contributed by atoms with E-state index in [1.54, 1.807) is 0 Å². The third kappa shape index (κ3) is 8.97. The summed E-state index contributed by atoms with van der Waals surface area (Å²) >= 11 is 0. The van der Waals surface area contributed by atoms with Crippen molar-refractivity contribution in [2.75, 3.05) is 12.3 Å². The third-order valence-electron chi connectivity index (χ3n) is 1.40. The molecule has 0 bridgehead atoms. The Labute approximate surface area is 87.4 Å². The van der Waals surface area contributed by atoms with Crippen molar-refractivity contribution in [3.8, 4) is 0 Å². The smallest absolute Gasteiger partial charge is 0.227 e. The Balaban J connectivity index is 3.65. The molecule has 88 valence electrons. The van der Waals surface area contributed by atoms with Gasteiger partial charge in [-0.05, 0) is 6.42 Å². The van der Waals surface area contributed by atoms with Gasteiger partial charge >= 0.3 is 0 Å².